The minimum atomic E-state index is -0.177. The van der Waals surface area contributed by atoms with Crippen molar-refractivity contribution in [2.45, 2.75) is 51.7 Å². The molecule has 4 heteroatoms. The number of nitrogens with one attached hydrogen (secondary N) is 1. The predicted molar refractivity (Wildman–Crippen MR) is 70.3 cm³/mol. The van der Waals surface area contributed by atoms with E-state index >= 15 is 0 Å². The molecule has 0 amide bonds. The van der Waals surface area contributed by atoms with Gasteiger partial charge in [0, 0.05) is 19.3 Å². The highest BCUT2D eigenvalue weighted by atomic mass is 16.5. The van der Waals surface area contributed by atoms with Crippen LogP contribution in [-0.4, -0.2) is 50.2 Å². The fourth-order valence-corrected chi connectivity index (χ4v) is 1.68. The number of hydrogen-bond acceptors (Lipinski definition) is 4. The fourth-order valence-electron chi connectivity index (χ4n) is 1.68. The lowest BCUT2D eigenvalue weighted by atomic mass is 9.97. The third-order valence-corrected chi connectivity index (χ3v) is 2.83. The van der Waals surface area contributed by atoms with E-state index in [-0.39, 0.29) is 18.2 Å². The molecule has 2 N–H and O–H groups in total. The highest BCUT2D eigenvalue weighted by molar-refractivity contribution is 4.81. The summed E-state index contributed by atoms with van der Waals surface area (Å²) in [6, 6.07) is 0. The summed E-state index contributed by atoms with van der Waals surface area (Å²) >= 11 is 0. The summed E-state index contributed by atoms with van der Waals surface area (Å²) in [6.45, 7) is 8.64. The van der Waals surface area contributed by atoms with Crippen LogP contribution in [0.2, 0.25) is 0 Å². The van der Waals surface area contributed by atoms with Crippen molar-refractivity contribution in [3.05, 3.63) is 0 Å². The summed E-state index contributed by atoms with van der Waals surface area (Å²) in [5.74, 6) is 0. The van der Waals surface area contributed by atoms with Crippen LogP contribution in [0.4, 0.5) is 0 Å². The number of hydrogen-bond donors (Lipinski definition) is 2. The van der Waals surface area contributed by atoms with Gasteiger partial charge in [0.05, 0.1) is 19.3 Å². The molecule has 0 heterocycles. The van der Waals surface area contributed by atoms with Gasteiger partial charge in [-0.15, -0.1) is 0 Å². The normalized spacial score (nSPS) is 16.8. The molecule has 17 heavy (non-hydrogen) atoms. The van der Waals surface area contributed by atoms with E-state index < -0.39 is 0 Å². The molecule has 0 rings (SSSR count). The van der Waals surface area contributed by atoms with Gasteiger partial charge < -0.3 is 19.9 Å². The number of rotatable bonds is 11. The van der Waals surface area contributed by atoms with Gasteiger partial charge in [-0.3, -0.25) is 0 Å². The average molecular weight is 247 g/mol. The third-order valence-electron chi connectivity index (χ3n) is 2.83. The fraction of sp³-hybridized carbons (Fsp3) is 1.00. The van der Waals surface area contributed by atoms with Crippen molar-refractivity contribution in [3.8, 4) is 0 Å². The van der Waals surface area contributed by atoms with Crippen LogP contribution in [0.5, 0.6) is 0 Å². The molecule has 0 fully saturated rings. The molecule has 0 aromatic rings. The average Bonchev–Trinajstić information content (AvgIpc) is 2.32. The Morgan fingerprint density at radius 1 is 1.41 bits per heavy atom. The Labute approximate surface area is 106 Å². The molecule has 0 aromatic heterocycles. The predicted octanol–water partition coefficient (Wildman–Crippen LogP) is 1.57. The van der Waals surface area contributed by atoms with E-state index in [0.717, 1.165) is 25.8 Å². The SMILES string of the molecule is CCCNC(C)(CO)CCCOC(C)COC. The summed E-state index contributed by atoms with van der Waals surface area (Å²) in [6.07, 6.45) is 3.09. The zero-order chi connectivity index (χ0) is 13.1. The molecule has 0 radical (unpaired) electrons. The van der Waals surface area contributed by atoms with Gasteiger partial charge in [-0.2, -0.15) is 0 Å². The first-order chi connectivity index (χ1) is 8.08. The monoisotopic (exact) mass is 247 g/mol. The largest absolute Gasteiger partial charge is 0.394 e. The Bertz CT molecular complexity index is 178. The van der Waals surface area contributed by atoms with E-state index in [1.165, 1.54) is 0 Å². The maximum atomic E-state index is 9.38. The van der Waals surface area contributed by atoms with Gasteiger partial charge in [0.15, 0.2) is 0 Å². The van der Waals surface area contributed by atoms with E-state index in [0.29, 0.717) is 13.2 Å². The van der Waals surface area contributed by atoms with E-state index in [2.05, 4.69) is 19.2 Å². The zero-order valence-corrected chi connectivity index (χ0v) is 11.8. The summed E-state index contributed by atoms with van der Waals surface area (Å²) < 4.78 is 10.6. The second-order valence-corrected chi connectivity index (χ2v) is 4.89. The topological polar surface area (TPSA) is 50.7 Å². The molecule has 0 aliphatic heterocycles. The molecule has 0 spiro atoms. The number of ether oxygens (including phenoxy) is 2. The molecule has 2 unspecified atom stereocenters. The Morgan fingerprint density at radius 2 is 2.12 bits per heavy atom. The quantitative estimate of drug-likeness (QED) is 0.544. The molecule has 0 aliphatic carbocycles. The maximum absolute atomic E-state index is 9.38. The van der Waals surface area contributed by atoms with Gasteiger partial charge in [-0.25, -0.2) is 0 Å². The maximum Gasteiger partial charge on any atom is 0.0780 e. The van der Waals surface area contributed by atoms with Crippen LogP contribution in [0.1, 0.15) is 40.0 Å². The molecule has 104 valence electrons. The molecule has 2 atom stereocenters. The first kappa shape index (κ1) is 16.8. The van der Waals surface area contributed by atoms with Gasteiger partial charge in [0.25, 0.3) is 0 Å². The molecule has 4 nitrogen and oxygen atoms in total. The van der Waals surface area contributed by atoms with Crippen LogP contribution in [0.15, 0.2) is 0 Å². The van der Waals surface area contributed by atoms with E-state index in [1.54, 1.807) is 7.11 Å². The number of aliphatic hydroxyl groups is 1. The Hall–Kier alpha value is -0.160. The molecule has 0 saturated heterocycles. The van der Waals surface area contributed by atoms with Crippen molar-refractivity contribution in [1.82, 2.24) is 5.32 Å². The van der Waals surface area contributed by atoms with Crippen molar-refractivity contribution in [2.24, 2.45) is 0 Å². The summed E-state index contributed by atoms with van der Waals surface area (Å²) in [7, 11) is 1.68. The lowest BCUT2D eigenvalue weighted by Crippen LogP contribution is -2.46. The molecule has 0 aliphatic rings. The zero-order valence-electron chi connectivity index (χ0n) is 11.8. The smallest absolute Gasteiger partial charge is 0.0780 e. The van der Waals surface area contributed by atoms with Gasteiger partial charge >= 0.3 is 0 Å². The van der Waals surface area contributed by atoms with E-state index in [9.17, 15) is 5.11 Å². The van der Waals surface area contributed by atoms with Crippen molar-refractivity contribution >= 4 is 0 Å². The summed E-state index contributed by atoms with van der Waals surface area (Å²) in [5, 5.41) is 12.8. The van der Waals surface area contributed by atoms with Crippen molar-refractivity contribution in [3.63, 3.8) is 0 Å². The lowest BCUT2D eigenvalue weighted by molar-refractivity contribution is 0.00475. The van der Waals surface area contributed by atoms with Gasteiger partial charge in [-0.1, -0.05) is 6.92 Å². The Kier molecular flexibility index (Phi) is 9.74. The number of methoxy groups -OCH3 is 1. The lowest BCUT2D eigenvalue weighted by Gasteiger charge is -2.29. The minimum absolute atomic E-state index is 0.143. The van der Waals surface area contributed by atoms with E-state index in [4.69, 9.17) is 9.47 Å². The van der Waals surface area contributed by atoms with E-state index in [1.807, 2.05) is 6.92 Å². The highest BCUT2D eigenvalue weighted by Crippen LogP contribution is 2.12. The third kappa shape index (κ3) is 8.55. The second-order valence-electron chi connectivity index (χ2n) is 4.89. The first-order valence-corrected chi connectivity index (χ1v) is 6.54. The summed E-state index contributed by atoms with van der Waals surface area (Å²) in [4.78, 5) is 0. The summed E-state index contributed by atoms with van der Waals surface area (Å²) in [5.41, 5.74) is -0.177. The number of aliphatic hydroxyl groups excluding tert-OH is 1. The Balaban J connectivity index is 3.68. The van der Waals surface area contributed by atoms with Crippen LogP contribution < -0.4 is 5.32 Å². The molecule has 0 bridgehead atoms. The molecular weight excluding hydrogens is 218 g/mol. The first-order valence-electron chi connectivity index (χ1n) is 6.54. The highest BCUT2D eigenvalue weighted by Gasteiger charge is 2.21. The van der Waals surface area contributed by atoms with Crippen LogP contribution in [0, 0.1) is 0 Å². The van der Waals surface area contributed by atoms with Gasteiger partial charge in [0.1, 0.15) is 0 Å². The van der Waals surface area contributed by atoms with Crippen LogP contribution in [0.3, 0.4) is 0 Å². The molecule has 0 aromatic carbocycles. The molecule has 0 saturated carbocycles. The standard InChI is InChI=1S/C13H29NO3/c1-5-8-14-13(3,11-15)7-6-9-17-12(2)10-16-4/h12,14-15H,5-11H2,1-4H3. The van der Waals surface area contributed by atoms with Crippen LogP contribution >= 0.6 is 0 Å². The van der Waals surface area contributed by atoms with Crippen molar-refractivity contribution in [2.75, 3.05) is 33.5 Å². The van der Waals surface area contributed by atoms with Crippen LogP contribution in [-0.2, 0) is 9.47 Å². The second kappa shape index (κ2) is 9.83. The van der Waals surface area contributed by atoms with Crippen LogP contribution in [0.25, 0.3) is 0 Å². The Morgan fingerprint density at radius 3 is 2.65 bits per heavy atom. The van der Waals surface area contributed by atoms with Crippen molar-refractivity contribution < 1.29 is 14.6 Å². The van der Waals surface area contributed by atoms with Gasteiger partial charge in [0.2, 0.25) is 0 Å². The van der Waals surface area contributed by atoms with Gasteiger partial charge in [-0.05, 0) is 39.7 Å². The molecular formula is C13H29NO3. The minimum Gasteiger partial charge on any atom is -0.394 e. The van der Waals surface area contributed by atoms with Crippen molar-refractivity contribution in [1.29, 1.82) is 0 Å².